The average molecular weight is 399 g/mol. The van der Waals surface area contributed by atoms with Gasteiger partial charge >= 0.3 is 0 Å². The van der Waals surface area contributed by atoms with Gasteiger partial charge in [0.1, 0.15) is 5.69 Å². The Morgan fingerprint density at radius 2 is 2.14 bits per heavy atom. The maximum Gasteiger partial charge on any atom is 0.269 e. The molecule has 1 fully saturated rings. The van der Waals surface area contributed by atoms with Crippen molar-refractivity contribution in [3.63, 3.8) is 0 Å². The summed E-state index contributed by atoms with van der Waals surface area (Å²) in [5.74, 6) is -0.830. The van der Waals surface area contributed by atoms with Crippen LogP contribution >= 0.6 is 0 Å². The molecule has 3 atom stereocenters. The van der Waals surface area contributed by atoms with Gasteiger partial charge in [0.15, 0.2) is 0 Å². The predicted octanol–water partition coefficient (Wildman–Crippen LogP) is 0.125. The molecule has 0 spiro atoms. The number of aliphatic hydroxyl groups is 1. The van der Waals surface area contributed by atoms with Crippen molar-refractivity contribution in [3.8, 4) is 0 Å². The second-order valence-corrected chi connectivity index (χ2v) is 7.30. The Hall–Kier alpha value is -3.07. The van der Waals surface area contributed by atoms with Crippen molar-refractivity contribution in [2.45, 2.75) is 37.8 Å². The number of pyridine rings is 1. The Balaban J connectivity index is 1.57. The van der Waals surface area contributed by atoms with Gasteiger partial charge in [0.05, 0.1) is 24.5 Å². The largest absolute Gasteiger partial charge is 0.391 e. The van der Waals surface area contributed by atoms with Crippen molar-refractivity contribution in [2.24, 2.45) is 5.92 Å². The molecule has 0 aromatic carbocycles. The van der Waals surface area contributed by atoms with Crippen LogP contribution in [-0.4, -0.2) is 62.5 Å². The number of carbonyl (C=O) groups excluding carboxylic acids is 2. The molecule has 2 heterocycles. The topological polar surface area (TPSA) is 128 Å². The van der Waals surface area contributed by atoms with Gasteiger partial charge in [0.2, 0.25) is 5.91 Å². The standard InChI is InChI=1S/C20H25N5O4/c1-25(9-7-14-4-2-3-8-22-14)20(29)13-5-6-17(26)15(10-13)24-19(28)16-11-21-12-18(27)23-16/h2-4,8,11-13,15,17,26H,5-7,9-10H2,1H3,(H,23,27)(H,24,28)/t13-,15+,17+/m0/s1. The number of hydrogen-bond acceptors (Lipinski definition) is 6. The van der Waals surface area contributed by atoms with Crippen LogP contribution in [0.25, 0.3) is 0 Å². The van der Waals surface area contributed by atoms with E-state index in [1.807, 2.05) is 18.2 Å². The molecule has 0 unspecified atom stereocenters. The molecule has 9 nitrogen and oxygen atoms in total. The smallest absolute Gasteiger partial charge is 0.269 e. The normalized spacial score (nSPS) is 21.4. The molecule has 2 aromatic rings. The predicted molar refractivity (Wildman–Crippen MR) is 105 cm³/mol. The van der Waals surface area contributed by atoms with E-state index in [4.69, 9.17) is 0 Å². The highest BCUT2D eigenvalue weighted by atomic mass is 16.3. The summed E-state index contributed by atoms with van der Waals surface area (Å²) in [5, 5.41) is 13.0. The first-order valence-electron chi connectivity index (χ1n) is 9.62. The summed E-state index contributed by atoms with van der Waals surface area (Å²) in [6.45, 7) is 0.544. The van der Waals surface area contributed by atoms with Gasteiger partial charge < -0.3 is 20.3 Å². The summed E-state index contributed by atoms with van der Waals surface area (Å²) in [7, 11) is 1.75. The number of amides is 2. The van der Waals surface area contributed by atoms with E-state index in [1.54, 1.807) is 18.1 Å². The van der Waals surface area contributed by atoms with Crippen LogP contribution in [0.2, 0.25) is 0 Å². The van der Waals surface area contributed by atoms with E-state index < -0.39 is 23.6 Å². The number of nitrogens with one attached hydrogen (secondary N) is 2. The number of aromatic amines is 1. The third-order valence-corrected chi connectivity index (χ3v) is 5.18. The summed E-state index contributed by atoms with van der Waals surface area (Å²) in [6, 6.07) is 5.11. The molecule has 2 aromatic heterocycles. The zero-order chi connectivity index (χ0) is 20.8. The summed E-state index contributed by atoms with van der Waals surface area (Å²) in [6.07, 6.45) is 5.27. The monoisotopic (exact) mass is 399 g/mol. The fourth-order valence-corrected chi connectivity index (χ4v) is 3.52. The van der Waals surface area contributed by atoms with Crippen molar-refractivity contribution < 1.29 is 14.7 Å². The molecule has 1 saturated carbocycles. The van der Waals surface area contributed by atoms with Gasteiger partial charge in [0.25, 0.3) is 11.5 Å². The molecule has 0 bridgehead atoms. The van der Waals surface area contributed by atoms with Crippen LogP contribution in [0.5, 0.6) is 0 Å². The molecule has 1 aliphatic rings. The Labute approximate surface area is 168 Å². The van der Waals surface area contributed by atoms with Gasteiger partial charge in [-0.15, -0.1) is 0 Å². The molecular formula is C20H25N5O4. The fourth-order valence-electron chi connectivity index (χ4n) is 3.52. The second kappa shape index (κ2) is 9.42. The van der Waals surface area contributed by atoms with Crippen molar-refractivity contribution in [1.29, 1.82) is 0 Å². The minimum atomic E-state index is -0.745. The molecule has 9 heteroatoms. The van der Waals surface area contributed by atoms with Crippen LogP contribution in [0, 0.1) is 5.92 Å². The van der Waals surface area contributed by atoms with Crippen LogP contribution in [0.4, 0.5) is 0 Å². The number of H-pyrrole nitrogens is 1. The maximum atomic E-state index is 12.8. The van der Waals surface area contributed by atoms with E-state index in [0.717, 1.165) is 11.9 Å². The lowest BCUT2D eigenvalue weighted by Gasteiger charge is -2.34. The molecule has 0 saturated heterocycles. The molecular weight excluding hydrogens is 374 g/mol. The van der Waals surface area contributed by atoms with E-state index in [-0.39, 0.29) is 17.5 Å². The highest BCUT2D eigenvalue weighted by Crippen LogP contribution is 2.26. The van der Waals surface area contributed by atoms with Gasteiger partial charge in [-0.25, -0.2) is 0 Å². The first-order chi connectivity index (χ1) is 13.9. The highest BCUT2D eigenvalue weighted by molar-refractivity contribution is 5.92. The summed E-state index contributed by atoms with van der Waals surface area (Å²) >= 11 is 0. The van der Waals surface area contributed by atoms with E-state index in [1.165, 1.54) is 6.20 Å². The first kappa shape index (κ1) is 20.7. The number of nitrogens with zero attached hydrogens (tertiary/aromatic N) is 3. The molecule has 0 radical (unpaired) electrons. The second-order valence-electron chi connectivity index (χ2n) is 7.30. The average Bonchev–Trinajstić information content (AvgIpc) is 2.73. The Kier molecular flexibility index (Phi) is 6.71. The lowest BCUT2D eigenvalue weighted by atomic mass is 9.83. The Bertz CT molecular complexity index is 901. The SMILES string of the molecule is CN(CCc1ccccn1)C(=O)[C@H]1CC[C@@H](O)[C@H](NC(=O)c2cncc(=O)[nH]2)C1. The molecule has 29 heavy (non-hydrogen) atoms. The molecule has 3 N–H and O–H groups in total. The number of aliphatic hydroxyl groups excluding tert-OH is 1. The van der Waals surface area contributed by atoms with Gasteiger partial charge in [-0.2, -0.15) is 0 Å². The van der Waals surface area contributed by atoms with E-state index in [0.29, 0.717) is 32.2 Å². The summed E-state index contributed by atoms with van der Waals surface area (Å²) < 4.78 is 0. The lowest BCUT2D eigenvalue weighted by molar-refractivity contribution is -0.136. The van der Waals surface area contributed by atoms with Crippen molar-refractivity contribution in [3.05, 3.63) is 58.5 Å². The van der Waals surface area contributed by atoms with Crippen molar-refractivity contribution >= 4 is 11.8 Å². The van der Waals surface area contributed by atoms with Crippen LogP contribution in [-0.2, 0) is 11.2 Å². The van der Waals surface area contributed by atoms with E-state index >= 15 is 0 Å². The molecule has 3 rings (SSSR count). The third-order valence-electron chi connectivity index (χ3n) is 5.18. The van der Waals surface area contributed by atoms with Gasteiger partial charge in [-0.1, -0.05) is 6.07 Å². The van der Waals surface area contributed by atoms with Gasteiger partial charge in [-0.3, -0.25) is 24.4 Å². The van der Waals surface area contributed by atoms with E-state index in [2.05, 4.69) is 20.3 Å². The lowest BCUT2D eigenvalue weighted by Crippen LogP contribution is -2.50. The van der Waals surface area contributed by atoms with Gasteiger partial charge in [-0.05, 0) is 31.4 Å². The Morgan fingerprint density at radius 3 is 2.86 bits per heavy atom. The maximum absolute atomic E-state index is 12.8. The van der Waals surface area contributed by atoms with Crippen molar-refractivity contribution in [1.82, 2.24) is 25.2 Å². The first-order valence-corrected chi connectivity index (χ1v) is 9.62. The zero-order valence-electron chi connectivity index (χ0n) is 16.2. The minimum absolute atomic E-state index is 0.0122. The van der Waals surface area contributed by atoms with Crippen LogP contribution in [0.1, 0.15) is 35.4 Å². The van der Waals surface area contributed by atoms with Crippen LogP contribution in [0.3, 0.4) is 0 Å². The molecule has 154 valence electrons. The zero-order valence-corrected chi connectivity index (χ0v) is 16.2. The number of hydrogen-bond donors (Lipinski definition) is 3. The van der Waals surface area contributed by atoms with Gasteiger partial charge in [0, 0.05) is 37.8 Å². The summed E-state index contributed by atoms with van der Waals surface area (Å²) in [4.78, 5) is 48.5. The third kappa shape index (κ3) is 5.47. The van der Waals surface area contributed by atoms with Crippen LogP contribution < -0.4 is 10.9 Å². The quantitative estimate of drug-likeness (QED) is 0.633. The number of aromatic nitrogens is 3. The van der Waals surface area contributed by atoms with Crippen LogP contribution in [0.15, 0.2) is 41.6 Å². The minimum Gasteiger partial charge on any atom is -0.391 e. The number of rotatable bonds is 6. The Morgan fingerprint density at radius 1 is 1.31 bits per heavy atom. The molecule has 2 amide bonds. The highest BCUT2D eigenvalue weighted by Gasteiger charge is 2.35. The molecule has 1 aliphatic carbocycles. The number of likely N-dealkylation sites (N-methyl/N-ethyl adjacent to an activating group) is 1. The fraction of sp³-hybridized carbons (Fsp3) is 0.450. The summed E-state index contributed by atoms with van der Waals surface area (Å²) in [5.41, 5.74) is 0.455. The number of carbonyl (C=O) groups is 2. The van der Waals surface area contributed by atoms with Crippen molar-refractivity contribution in [2.75, 3.05) is 13.6 Å². The van der Waals surface area contributed by atoms with E-state index in [9.17, 15) is 19.5 Å². The molecule has 0 aliphatic heterocycles.